The summed E-state index contributed by atoms with van der Waals surface area (Å²) in [4.78, 5) is 0. The van der Waals surface area contributed by atoms with Crippen molar-refractivity contribution in [3.63, 3.8) is 0 Å². The van der Waals surface area contributed by atoms with Gasteiger partial charge >= 0.3 is 0 Å². The van der Waals surface area contributed by atoms with E-state index in [1.54, 1.807) is 44.6 Å². The Hall–Kier alpha value is -2.08. The van der Waals surface area contributed by atoms with Crippen LogP contribution in [0.1, 0.15) is 71.6 Å². The molecule has 0 N–H and O–H groups in total. The molecule has 0 fully saturated rings. The van der Waals surface area contributed by atoms with Crippen LogP contribution in [-0.2, 0) is 0 Å². The van der Waals surface area contributed by atoms with Crippen molar-refractivity contribution in [3.05, 3.63) is 92.2 Å². The number of hydrogen-bond donors (Lipinski definition) is 0. The largest absolute Gasteiger partial charge is 0.0697 e. The topological polar surface area (TPSA) is 0 Å². The fourth-order valence-corrected chi connectivity index (χ4v) is 6.73. The molecule has 6 rings (SSSR count). The van der Waals surface area contributed by atoms with Crippen LogP contribution in [0.15, 0.2) is 92.2 Å². The molecule has 2 unspecified atom stereocenters. The monoisotopic (exact) mass is 380 g/mol. The third-order valence-electron chi connectivity index (χ3n) is 8.29. The molecule has 0 aliphatic heterocycles. The van der Waals surface area contributed by atoms with Gasteiger partial charge in [-0.1, -0.05) is 58.7 Å². The summed E-state index contributed by atoms with van der Waals surface area (Å²) < 4.78 is 0. The molecule has 0 heterocycles. The lowest BCUT2D eigenvalue weighted by molar-refractivity contribution is 0.637. The molecule has 0 amide bonds. The van der Waals surface area contributed by atoms with Crippen molar-refractivity contribution in [1.29, 1.82) is 0 Å². The van der Waals surface area contributed by atoms with Crippen molar-refractivity contribution >= 4 is 0 Å². The standard InChI is InChI=1S/C29H32/c1-18-15-28-22-9-5-3-7-20(22)11-13-24(28)26(18)17-27-19(2)16-29-23-10-6-4-8-21(23)12-14-25(27)29/h11-16,28-29H,3-10,17H2,1-2H3. The van der Waals surface area contributed by atoms with Gasteiger partial charge in [-0.3, -0.25) is 0 Å². The van der Waals surface area contributed by atoms with E-state index in [0.29, 0.717) is 11.8 Å². The lowest BCUT2D eigenvalue weighted by Gasteiger charge is -2.28. The first-order valence-electron chi connectivity index (χ1n) is 11.8. The van der Waals surface area contributed by atoms with Crippen molar-refractivity contribution in [2.45, 2.75) is 71.6 Å². The van der Waals surface area contributed by atoms with Crippen LogP contribution in [0.25, 0.3) is 0 Å². The van der Waals surface area contributed by atoms with E-state index in [9.17, 15) is 0 Å². The van der Waals surface area contributed by atoms with Crippen molar-refractivity contribution in [3.8, 4) is 0 Å². The predicted octanol–water partition coefficient (Wildman–Crippen LogP) is 8.00. The van der Waals surface area contributed by atoms with Crippen molar-refractivity contribution in [1.82, 2.24) is 0 Å². The van der Waals surface area contributed by atoms with E-state index in [2.05, 4.69) is 50.3 Å². The summed E-state index contributed by atoms with van der Waals surface area (Å²) in [6.45, 7) is 4.71. The van der Waals surface area contributed by atoms with Crippen molar-refractivity contribution in [2.24, 2.45) is 11.8 Å². The van der Waals surface area contributed by atoms with Crippen LogP contribution in [0.3, 0.4) is 0 Å². The van der Waals surface area contributed by atoms with Crippen LogP contribution in [0.2, 0.25) is 0 Å². The Morgan fingerprint density at radius 2 is 1.07 bits per heavy atom. The first-order chi connectivity index (χ1) is 14.2. The second-order valence-electron chi connectivity index (χ2n) is 9.88. The van der Waals surface area contributed by atoms with Crippen LogP contribution >= 0.6 is 0 Å². The molecule has 0 saturated heterocycles. The third kappa shape index (κ3) is 2.71. The summed E-state index contributed by atoms with van der Waals surface area (Å²) in [5.74, 6) is 1.15. The van der Waals surface area contributed by atoms with Crippen LogP contribution in [0, 0.1) is 11.8 Å². The van der Waals surface area contributed by atoms with Gasteiger partial charge in [-0.2, -0.15) is 0 Å². The molecular formula is C29H32. The van der Waals surface area contributed by atoms with Crippen LogP contribution in [0.5, 0.6) is 0 Å². The zero-order chi connectivity index (χ0) is 19.5. The summed E-state index contributed by atoms with van der Waals surface area (Å²) in [5, 5.41) is 0. The second kappa shape index (κ2) is 6.73. The maximum atomic E-state index is 2.57. The summed E-state index contributed by atoms with van der Waals surface area (Å²) in [5.41, 5.74) is 16.2. The molecule has 0 aromatic heterocycles. The van der Waals surface area contributed by atoms with Gasteiger partial charge in [0.2, 0.25) is 0 Å². The van der Waals surface area contributed by atoms with Gasteiger partial charge in [0.25, 0.3) is 0 Å². The number of hydrogen-bond acceptors (Lipinski definition) is 0. The third-order valence-corrected chi connectivity index (χ3v) is 8.29. The lowest BCUT2D eigenvalue weighted by atomic mass is 9.76. The summed E-state index contributed by atoms with van der Waals surface area (Å²) >= 11 is 0. The van der Waals surface area contributed by atoms with E-state index in [1.807, 2.05) is 0 Å². The molecule has 0 heteroatoms. The first-order valence-corrected chi connectivity index (χ1v) is 11.8. The minimum Gasteiger partial charge on any atom is -0.0697 e. The van der Waals surface area contributed by atoms with Gasteiger partial charge in [-0.05, 0) is 105 Å². The van der Waals surface area contributed by atoms with Gasteiger partial charge in [0, 0.05) is 11.8 Å². The minimum absolute atomic E-state index is 0.576. The predicted molar refractivity (Wildman–Crippen MR) is 122 cm³/mol. The van der Waals surface area contributed by atoms with Crippen molar-refractivity contribution in [2.75, 3.05) is 0 Å². The fraction of sp³-hybridized carbons (Fsp3) is 0.448. The Bertz CT molecular complexity index is 954. The quantitative estimate of drug-likeness (QED) is 0.455. The molecular weight excluding hydrogens is 348 g/mol. The van der Waals surface area contributed by atoms with E-state index in [1.165, 1.54) is 62.5 Å². The van der Waals surface area contributed by atoms with E-state index < -0.39 is 0 Å². The molecule has 0 nitrogen and oxygen atoms in total. The molecule has 0 aromatic carbocycles. The van der Waals surface area contributed by atoms with Gasteiger partial charge in [-0.15, -0.1) is 0 Å². The molecule has 2 atom stereocenters. The van der Waals surface area contributed by atoms with Gasteiger partial charge in [0.15, 0.2) is 0 Å². The fourth-order valence-electron chi connectivity index (χ4n) is 6.73. The van der Waals surface area contributed by atoms with E-state index >= 15 is 0 Å². The highest BCUT2D eigenvalue weighted by molar-refractivity contribution is 5.63. The number of rotatable bonds is 2. The van der Waals surface area contributed by atoms with Gasteiger partial charge in [0.05, 0.1) is 0 Å². The average molecular weight is 381 g/mol. The normalized spacial score (nSPS) is 30.4. The van der Waals surface area contributed by atoms with Crippen LogP contribution in [-0.4, -0.2) is 0 Å². The Morgan fingerprint density at radius 3 is 1.55 bits per heavy atom. The summed E-state index contributed by atoms with van der Waals surface area (Å²) in [6.07, 6.45) is 26.8. The van der Waals surface area contributed by atoms with Crippen LogP contribution < -0.4 is 0 Å². The van der Waals surface area contributed by atoms with Gasteiger partial charge < -0.3 is 0 Å². The van der Waals surface area contributed by atoms with Gasteiger partial charge in [-0.25, -0.2) is 0 Å². The zero-order valence-electron chi connectivity index (χ0n) is 18.0. The van der Waals surface area contributed by atoms with Crippen LogP contribution in [0.4, 0.5) is 0 Å². The summed E-state index contributed by atoms with van der Waals surface area (Å²) in [6, 6.07) is 0. The van der Waals surface area contributed by atoms with Gasteiger partial charge in [0.1, 0.15) is 0 Å². The van der Waals surface area contributed by atoms with E-state index in [0.717, 1.165) is 6.42 Å². The highest BCUT2D eigenvalue weighted by Crippen LogP contribution is 2.50. The molecule has 6 aliphatic rings. The molecule has 0 radical (unpaired) electrons. The second-order valence-corrected chi connectivity index (χ2v) is 9.88. The SMILES string of the molecule is CC1=CC2C(=C1CC1=C3C=CC4=C(CCCC4)C3C=C1C)C=CC1=C2CCCC1. The maximum Gasteiger partial charge on any atom is 0.0242 e. The Labute approximate surface area is 175 Å². The zero-order valence-corrected chi connectivity index (χ0v) is 18.0. The average Bonchev–Trinajstić information content (AvgIpc) is 3.25. The number of allylic oxidation sites excluding steroid dienone is 16. The number of fused-ring (bicyclic) bond motifs is 4. The molecule has 0 saturated carbocycles. The Morgan fingerprint density at radius 1 is 0.621 bits per heavy atom. The minimum atomic E-state index is 0.576. The molecule has 29 heavy (non-hydrogen) atoms. The maximum absolute atomic E-state index is 2.57. The van der Waals surface area contributed by atoms with E-state index in [-0.39, 0.29) is 0 Å². The molecule has 148 valence electrons. The highest BCUT2D eigenvalue weighted by Gasteiger charge is 2.34. The molecule has 6 aliphatic carbocycles. The molecule has 0 spiro atoms. The Kier molecular flexibility index (Phi) is 4.12. The smallest absolute Gasteiger partial charge is 0.0242 e. The van der Waals surface area contributed by atoms with Crippen molar-refractivity contribution < 1.29 is 0 Å². The lowest BCUT2D eigenvalue weighted by Crippen LogP contribution is -2.13. The molecule has 0 bridgehead atoms. The molecule has 0 aromatic rings. The highest BCUT2D eigenvalue weighted by atomic mass is 14.4. The Balaban J connectivity index is 1.37. The van der Waals surface area contributed by atoms with E-state index in [4.69, 9.17) is 0 Å². The first kappa shape index (κ1) is 17.8. The summed E-state index contributed by atoms with van der Waals surface area (Å²) in [7, 11) is 0.